The van der Waals surface area contributed by atoms with E-state index in [9.17, 15) is 0 Å². The molecule has 1 unspecified atom stereocenters. The predicted molar refractivity (Wildman–Crippen MR) is 53.3 cm³/mol. The minimum Gasteiger partial charge on any atom is -0.301 e. The minimum absolute atomic E-state index is 0. The Kier molecular flexibility index (Phi) is 2.69. The lowest BCUT2D eigenvalue weighted by molar-refractivity contribution is 0.0503. The number of fused-ring (bicyclic) bond motifs is 3. The average molecular weight is 216 g/mol. The quantitative estimate of drug-likeness (QED) is 0.679. The van der Waals surface area contributed by atoms with Crippen molar-refractivity contribution in [2.45, 2.75) is 18.9 Å². The molecule has 1 atom stereocenters. The van der Waals surface area contributed by atoms with E-state index in [2.05, 4.69) is 20.4 Å². The van der Waals surface area contributed by atoms with E-state index in [-0.39, 0.29) is 12.4 Å². The molecule has 0 aliphatic carbocycles. The van der Waals surface area contributed by atoms with Gasteiger partial charge in [0.25, 0.3) is 0 Å². The van der Waals surface area contributed by atoms with Crippen LogP contribution in [0.4, 0.5) is 0 Å². The van der Waals surface area contributed by atoms with Gasteiger partial charge in [-0.15, -0.1) is 17.5 Å². The first-order valence-electron chi connectivity index (χ1n) is 4.88. The lowest BCUT2D eigenvalue weighted by Gasteiger charge is -2.44. The molecule has 0 saturated carbocycles. The van der Waals surface area contributed by atoms with E-state index >= 15 is 0 Å². The third-order valence-corrected chi connectivity index (χ3v) is 3.33. The molecule has 14 heavy (non-hydrogen) atoms. The van der Waals surface area contributed by atoms with Crippen molar-refractivity contribution in [2.24, 2.45) is 5.92 Å². The van der Waals surface area contributed by atoms with Crippen molar-refractivity contribution in [3.8, 4) is 0 Å². The first-order chi connectivity index (χ1) is 6.43. The van der Waals surface area contributed by atoms with Gasteiger partial charge in [0.1, 0.15) is 6.33 Å². The van der Waals surface area contributed by atoms with Crippen LogP contribution in [0, 0.1) is 5.92 Å². The maximum absolute atomic E-state index is 3.99. The highest BCUT2D eigenvalue weighted by Crippen LogP contribution is 2.34. The van der Waals surface area contributed by atoms with Crippen molar-refractivity contribution in [2.75, 3.05) is 19.6 Å². The molecule has 3 fully saturated rings. The summed E-state index contributed by atoms with van der Waals surface area (Å²) in [7, 11) is 0. The standard InChI is InChI=1S/C8H13N5.ClH/c1-3-12-4-2-7(1)8(5-12)13-6-9-10-11-13;/h6-8H,1-5H2;1H. The summed E-state index contributed by atoms with van der Waals surface area (Å²) in [6.07, 6.45) is 4.36. The van der Waals surface area contributed by atoms with E-state index in [1.807, 2.05) is 4.68 Å². The normalized spacial score (nSPS) is 35.3. The Bertz CT molecular complexity index is 280. The summed E-state index contributed by atoms with van der Waals surface area (Å²) in [4.78, 5) is 2.51. The molecular formula is C8H14ClN5. The van der Waals surface area contributed by atoms with Gasteiger partial charge in [-0.2, -0.15) is 0 Å². The average Bonchev–Trinajstić information content (AvgIpc) is 2.72. The van der Waals surface area contributed by atoms with Crippen molar-refractivity contribution in [3.63, 3.8) is 0 Å². The van der Waals surface area contributed by atoms with Crippen LogP contribution in [0.25, 0.3) is 0 Å². The van der Waals surface area contributed by atoms with E-state index in [1.54, 1.807) is 6.33 Å². The Labute approximate surface area is 88.9 Å². The van der Waals surface area contributed by atoms with Gasteiger partial charge in [-0.05, 0) is 42.3 Å². The number of tetrazole rings is 1. The molecule has 3 saturated heterocycles. The Morgan fingerprint density at radius 1 is 1.21 bits per heavy atom. The molecule has 0 N–H and O–H groups in total. The zero-order valence-electron chi connectivity index (χ0n) is 7.91. The molecule has 0 spiro atoms. The zero-order chi connectivity index (χ0) is 8.67. The van der Waals surface area contributed by atoms with Crippen LogP contribution in [0.15, 0.2) is 6.33 Å². The maximum Gasteiger partial charge on any atom is 0.138 e. The first-order valence-corrected chi connectivity index (χ1v) is 4.88. The molecule has 0 radical (unpaired) electrons. The van der Waals surface area contributed by atoms with Crippen LogP contribution < -0.4 is 0 Å². The zero-order valence-corrected chi connectivity index (χ0v) is 8.73. The van der Waals surface area contributed by atoms with Gasteiger partial charge in [-0.3, -0.25) is 0 Å². The Balaban J connectivity index is 0.000000750. The number of halogens is 1. The SMILES string of the molecule is Cl.c1nnnn1C1CN2CCC1CC2. The number of rotatable bonds is 1. The van der Waals surface area contributed by atoms with Crippen LogP contribution in [-0.4, -0.2) is 44.7 Å². The second kappa shape index (κ2) is 3.82. The van der Waals surface area contributed by atoms with Crippen LogP contribution in [0.5, 0.6) is 0 Å². The summed E-state index contributed by atoms with van der Waals surface area (Å²) in [5.41, 5.74) is 0. The number of aromatic nitrogens is 4. The van der Waals surface area contributed by atoms with Gasteiger partial charge in [0.05, 0.1) is 6.04 Å². The second-order valence-electron chi connectivity index (χ2n) is 4.00. The molecule has 1 aromatic heterocycles. The van der Waals surface area contributed by atoms with E-state index in [0.29, 0.717) is 6.04 Å². The molecule has 4 rings (SSSR count). The predicted octanol–water partition coefficient (Wildman–Crippen LogP) is 0.362. The van der Waals surface area contributed by atoms with Gasteiger partial charge in [-0.25, -0.2) is 4.68 Å². The largest absolute Gasteiger partial charge is 0.301 e. The highest BCUT2D eigenvalue weighted by atomic mass is 35.5. The van der Waals surface area contributed by atoms with Crippen LogP contribution in [0.1, 0.15) is 18.9 Å². The number of nitrogens with zero attached hydrogens (tertiary/aromatic N) is 5. The van der Waals surface area contributed by atoms with Gasteiger partial charge in [0.2, 0.25) is 0 Å². The van der Waals surface area contributed by atoms with Crippen LogP contribution in [0.2, 0.25) is 0 Å². The third-order valence-electron chi connectivity index (χ3n) is 3.33. The molecule has 6 heteroatoms. The van der Waals surface area contributed by atoms with Crippen molar-refractivity contribution >= 4 is 12.4 Å². The molecule has 3 aliphatic heterocycles. The number of piperidine rings is 3. The summed E-state index contributed by atoms with van der Waals surface area (Å²) in [6.45, 7) is 3.67. The van der Waals surface area contributed by atoms with E-state index in [0.717, 1.165) is 12.5 Å². The van der Waals surface area contributed by atoms with Crippen molar-refractivity contribution in [1.82, 2.24) is 25.1 Å². The number of hydrogen-bond acceptors (Lipinski definition) is 4. The van der Waals surface area contributed by atoms with Gasteiger partial charge in [0.15, 0.2) is 0 Å². The number of hydrogen-bond donors (Lipinski definition) is 0. The van der Waals surface area contributed by atoms with Gasteiger partial charge in [-0.1, -0.05) is 0 Å². The van der Waals surface area contributed by atoms with Crippen molar-refractivity contribution in [3.05, 3.63) is 6.33 Å². The highest BCUT2D eigenvalue weighted by molar-refractivity contribution is 5.85. The van der Waals surface area contributed by atoms with Crippen molar-refractivity contribution in [1.29, 1.82) is 0 Å². The third kappa shape index (κ3) is 1.50. The summed E-state index contributed by atoms with van der Waals surface area (Å²) in [6, 6.07) is 0.525. The van der Waals surface area contributed by atoms with E-state index in [4.69, 9.17) is 0 Å². The molecule has 0 amide bonds. The van der Waals surface area contributed by atoms with E-state index < -0.39 is 0 Å². The summed E-state index contributed by atoms with van der Waals surface area (Å²) in [5.74, 6) is 0.800. The molecule has 4 heterocycles. The monoisotopic (exact) mass is 215 g/mol. The molecule has 0 aromatic carbocycles. The molecular weight excluding hydrogens is 202 g/mol. The Hall–Kier alpha value is -0.680. The lowest BCUT2D eigenvalue weighted by Crippen LogP contribution is -2.48. The summed E-state index contributed by atoms with van der Waals surface area (Å²) in [5, 5.41) is 11.4. The van der Waals surface area contributed by atoms with Crippen LogP contribution in [-0.2, 0) is 0 Å². The Morgan fingerprint density at radius 3 is 2.50 bits per heavy atom. The smallest absolute Gasteiger partial charge is 0.138 e. The first kappa shape index (κ1) is 9.86. The molecule has 1 aromatic rings. The lowest BCUT2D eigenvalue weighted by atomic mass is 9.84. The van der Waals surface area contributed by atoms with Gasteiger partial charge in [0, 0.05) is 6.54 Å². The van der Waals surface area contributed by atoms with Crippen LogP contribution in [0.3, 0.4) is 0 Å². The van der Waals surface area contributed by atoms with E-state index in [1.165, 1.54) is 25.9 Å². The molecule has 3 aliphatic rings. The van der Waals surface area contributed by atoms with Crippen molar-refractivity contribution < 1.29 is 0 Å². The molecule has 2 bridgehead atoms. The summed E-state index contributed by atoms with van der Waals surface area (Å²) < 4.78 is 1.93. The van der Waals surface area contributed by atoms with Gasteiger partial charge < -0.3 is 4.90 Å². The molecule has 5 nitrogen and oxygen atoms in total. The second-order valence-corrected chi connectivity index (χ2v) is 4.00. The fourth-order valence-electron chi connectivity index (χ4n) is 2.55. The van der Waals surface area contributed by atoms with Crippen LogP contribution >= 0.6 is 12.4 Å². The van der Waals surface area contributed by atoms with Gasteiger partial charge >= 0.3 is 0 Å². The summed E-state index contributed by atoms with van der Waals surface area (Å²) >= 11 is 0. The minimum atomic E-state index is 0. The fraction of sp³-hybridized carbons (Fsp3) is 0.875. The topological polar surface area (TPSA) is 46.8 Å². The highest BCUT2D eigenvalue weighted by Gasteiger charge is 2.35. The fourth-order valence-corrected chi connectivity index (χ4v) is 2.55. The maximum atomic E-state index is 3.99. The Morgan fingerprint density at radius 2 is 2.00 bits per heavy atom. The molecule has 78 valence electrons.